The Morgan fingerprint density at radius 2 is 2.04 bits per heavy atom. The summed E-state index contributed by atoms with van der Waals surface area (Å²) in [5.74, 6) is -0.244. The van der Waals surface area contributed by atoms with Gasteiger partial charge >= 0.3 is 0 Å². The van der Waals surface area contributed by atoms with Crippen LogP contribution >= 0.6 is 0 Å². The predicted octanol–water partition coefficient (Wildman–Crippen LogP) is 1.62. The number of nitrogens with zero attached hydrogens (tertiary/aromatic N) is 2. The molecule has 1 saturated heterocycles. The Bertz CT molecular complexity index is 735. The Balaban J connectivity index is 1.43. The number of anilines is 1. The van der Waals surface area contributed by atoms with Crippen molar-refractivity contribution >= 4 is 21.6 Å². The summed E-state index contributed by atoms with van der Waals surface area (Å²) in [5.41, 5.74) is 2.73. The fraction of sp³-hybridized carbons (Fsp3) is 0.632. The molecule has 0 spiro atoms. The third-order valence-corrected chi connectivity index (χ3v) is 6.60. The van der Waals surface area contributed by atoms with Crippen LogP contribution in [0.15, 0.2) is 24.3 Å². The lowest BCUT2D eigenvalue weighted by molar-refractivity contribution is -0.126. The standard InChI is InChI=1S/C19H29N3O3S/c1-26(24,25)22-14-5-9-17(15-22)19(23)20-11-6-13-21-12-4-8-16-7-2-3-10-18(16)21/h2-3,7,10,17H,4-6,8-9,11-15H2,1H3,(H,20,23)/t17-/m1/s1. The van der Waals surface area contributed by atoms with Gasteiger partial charge in [-0.2, -0.15) is 0 Å². The van der Waals surface area contributed by atoms with E-state index in [1.54, 1.807) is 0 Å². The lowest BCUT2D eigenvalue weighted by Gasteiger charge is -2.32. The average molecular weight is 380 g/mol. The van der Waals surface area contributed by atoms with Crippen LogP contribution in [-0.2, 0) is 21.2 Å². The second-order valence-electron chi connectivity index (χ2n) is 7.32. The summed E-state index contributed by atoms with van der Waals surface area (Å²) in [6, 6.07) is 8.54. The quantitative estimate of drug-likeness (QED) is 0.763. The number of nitrogens with one attached hydrogen (secondary N) is 1. The largest absolute Gasteiger partial charge is 0.371 e. The summed E-state index contributed by atoms with van der Waals surface area (Å²) in [6.45, 7) is 3.46. The van der Waals surface area contributed by atoms with Crippen molar-refractivity contribution in [1.29, 1.82) is 0 Å². The topological polar surface area (TPSA) is 69.7 Å². The third-order valence-electron chi connectivity index (χ3n) is 5.33. The number of aryl methyl sites for hydroxylation is 1. The van der Waals surface area contributed by atoms with Crippen molar-refractivity contribution in [3.63, 3.8) is 0 Å². The molecule has 2 heterocycles. The highest BCUT2D eigenvalue weighted by Gasteiger charge is 2.29. The van der Waals surface area contributed by atoms with Crippen molar-refractivity contribution in [2.45, 2.75) is 32.1 Å². The molecule has 26 heavy (non-hydrogen) atoms. The van der Waals surface area contributed by atoms with Gasteiger partial charge in [0, 0.05) is 38.4 Å². The molecule has 1 amide bonds. The van der Waals surface area contributed by atoms with Crippen molar-refractivity contribution in [2.75, 3.05) is 43.9 Å². The lowest BCUT2D eigenvalue weighted by atomic mass is 9.99. The summed E-state index contributed by atoms with van der Waals surface area (Å²) >= 11 is 0. The maximum Gasteiger partial charge on any atom is 0.224 e. The summed E-state index contributed by atoms with van der Waals surface area (Å²) in [6.07, 6.45) is 5.92. The molecule has 1 aromatic carbocycles. The van der Waals surface area contributed by atoms with Crippen LogP contribution < -0.4 is 10.2 Å². The number of carbonyl (C=O) groups is 1. The third kappa shape index (κ3) is 4.76. The molecular formula is C19H29N3O3S. The second-order valence-corrected chi connectivity index (χ2v) is 9.31. The second kappa shape index (κ2) is 8.39. The van der Waals surface area contributed by atoms with E-state index in [-0.39, 0.29) is 11.8 Å². The molecule has 0 aliphatic carbocycles. The van der Waals surface area contributed by atoms with Crippen LogP contribution in [-0.4, -0.2) is 57.6 Å². The van der Waals surface area contributed by atoms with Gasteiger partial charge < -0.3 is 10.2 Å². The van der Waals surface area contributed by atoms with Crippen LogP contribution in [0.3, 0.4) is 0 Å². The summed E-state index contributed by atoms with van der Waals surface area (Å²) in [7, 11) is -3.21. The van der Waals surface area contributed by atoms with Gasteiger partial charge in [-0.15, -0.1) is 0 Å². The number of carbonyl (C=O) groups excluding carboxylic acids is 1. The van der Waals surface area contributed by atoms with Crippen LogP contribution in [0.1, 0.15) is 31.2 Å². The van der Waals surface area contributed by atoms with E-state index in [9.17, 15) is 13.2 Å². The minimum absolute atomic E-state index is 0.0163. The van der Waals surface area contributed by atoms with E-state index in [1.165, 1.54) is 28.2 Å². The number of piperidine rings is 1. The number of rotatable bonds is 6. The fourth-order valence-electron chi connectivity index (χ4n) is 3.93. The van der Waals surface area contributed by atoms with Crippen molar-refractivity contribution < 1.29 is 13.2 Å². The van der Waals surface area contributed by atoms with Crippen LogP contribution in [0.4, 0.5) is 5.69 Å². The normalized spacial score (nSPS) is 21.3. The Kier molecular flexibility index (Phi) is 6.19. The zero-order chi connectivity index (χ0) is 18.6. The Morgan fingerprint density at radius 1 is 1.23 bits per heavy atom. The van der Waals surface area contributed by atoms with E-state index >= 15 is 0 Å². The molecule has 1 fully saturated rings. The van der Waals surface area contributed by atoms with Gasteiger partial charge in [0.25, 0.3) is 0 Å². The zero-order valence-corrected chi connectivity index (χ0v) is 16.3. The number of hydrogen-bond donors (Lipinski definition) is 1. The van der Waals surface area contributed by atoms with Crippen LogP contribution in [0, 0.1) is 5.92 Å². The van der Waals surface area contributed by atoms with Gasteiger partial charge in [0.1, 0.15) is 0 Å². The number of amides is 1. The molecule has 2 aliphatic rings. The van der Waals surface area contributed by atoms with Crippen LogP contribution in [0.25, 0.3) is 0 Å². The molecule has 0 bridgehead atoms. The maximum atomic E-state index is 12.4. The SMILES string of the molecule is CS(=O)(=O)N1CCC[C@@H](C(=O)NCCCN2CCCc3ccccc32)C1. The van der Waals surface area contributed by atoms with E-state index in [0.29, 0.717) is 19.6 Å². The summed E-state index contributed by atoms with van der Waals surface area (Å²) in [5, 5.41) is 3.00. The molecule has 0 aromatic heterocycles. The first-order chi connectivity index (χ1) is 12.4. The molecule has 0 unspecified atom stereocenters. The Hall–Kier alpha value is -1.60. The number of benzene rings is 1. The van der Waals surface area contributed by atoms with E-state index in [4.69, 9.17) is 0 Å². The Morgan fingerprint density at radius 3 is 2.85 bits per heavy atom. The number of fused-ring (bicyclic) bond motifs is 1. The monoisotopic (exact) mass is 379 g/mol. The minimum Gasteiger partial charge on any atom is -0.371 e. The van der Waals surface area contributed by atoms with Crippen molar-refractivity contribution in [1.82, 2.24) is 9.62 Å². The molecule has 0 radical (unpaired) electrons. The summed E-state index contributed by atoms with van der Waals surface area (Å²) < 4.78 is 24.8. The van der Waals surface area contributed by atoms with Crippen molar-refractivity contribution in [3.05, 3.63) is 29.8 Å². The van der Waals surface area contributed by atoms with Crippen LogP contribution in [0.2, 0.25) is 0 Å². The molecule has 7 heteroatoms. The molecular weight excluding hydrogens is 350 g/mol. The first-order valence-corrected chi connectivity index (χ1v) is 11.4. The lowest BCUT2D eigenvalue weighted by Crippen LogP contribution is -2.45. The van der Waals surface area contributed by atoms with Gasteiger partial charge in [0.05, 0.1) is 12.2 Å². The maximum absolute atomic E-state index is 12.4. The van der Waals surface area contributed by atoms with E-state index in [0.717, 1.165) is 38.8 Å². The predicted molar refractivity (Wildman–Crippen MR) is 104 cm³/mol. The molecule has 1 atom stereocenters. The molecule has 6 nitrogen and oxygen atoms in total. The van der Waals surface area contributed by atoms with Crippen molar-refractivity contribution in [2.24, 2.45) is 5.92 Å². The highest BCUT2D eigenvalue weighted by atomic mass is 32.2. The fourth-order valence-corrected chi connectivity index (χ4v) is 4.84. The van der Waals surface area contributed by atoms with E-state index < -0.39 is 10.0 Å². The molecule has 3 rings (SSSR count). The molecule has 2 aliphatic heterocycles. The van der Waals surface area contributed by atoms with Gasteiger partial charge in [0.2, 0.25) is 15.9 Å². The van der Waals surface area contributed by atoms with Gasteiger partial charge in [-0.3, -0.25) is 4.79 Å². The highest BCUT2D eigenvalue weighted by molar-refractivity contribution is 7.88. The van der Waals surface area contributed by atoms with E-state index in [1.807, 2.05) is 0 Å². The van der Waals surface area contributed by atoms with Gasteiger partial charge in [0.15, 0.2) is 0 Å². The molecule has 1 N–H and O–H groups in total. The zero-order valence-electron chi connectivity index (χ0n) is 15.5. The first kappa shape index (κ1) is 19.2. The van der Waals surface area contributed by atoms with Crippen LogP contribution in [0.5, 0.6) is 0 Å². The minimum atomic E-state index is -3.21. The summed E-state index contributed by atoms with van der Waals surface area (Å²) in [4.78, 5) is 14.8. The molecule has 144 valence electrons. The van der Waals surface area contributed by atoms with Crippen molar-refractivity contribution in [3.8, 4) is 0 Å². The van der Waals surface area contributed by atoms with E-state index in [2.05, 4.69) is 34.5 Å². The smallest absolute Gasteiger partial charge is 0.224 e. The number of sulfonamides is 1. The average Bonchev–Trinajstić information content (AvgIpc) is 2.64. The Labute approximate surface area is 156 Å². The van der Waals surface area contributed by atoms with Gasteiger partial charge in [-0.25, -0.2) is 12.7 Å². The van der Waals surface area contributed by atoms with Gasteiger partial charge in [-0.05, 0) is 43.7 Å². The number of para-hydroxylation sites is 1. The number of hydrogen-bond acceptors (Lipinski definition) is 4. The molecule has 0 saturated carbocycles. The first-order valence-electron chi connectivity index (χ1n) is 9.51. The highest BCUT2D eigenvalue weighted by Crippen LogP contribution is 2.26. The van der Waals surface area contributed by atoms with Gasteiger partial charge in [-0.1, -0.05) is 18.2 Å². The molecule has 1 aromatic rings.